The molecular weight excluding hydrogens is 416 g/mol. The Bertz CT molecular complexity index is 933. The van der Waals surface area contributed by atoms with Crippen molar-refractivity contribution in [3.05, 3.63) is 45.6 Å². The Morgan fingerprint density at radius 3 is 2.55 bits per heavy atom. The molecule has 0 radical (unpaired) electrons. The minimum atomic E-state index is -0.224. The Hall–Kier alpha value is -2.62. The van der Waals surface area contributed by atoms with Crippen LogP contribution in [-0.2, 0) is 9.53 Å². The maximum absolute atomic E-state index is 12.3. The number of rotatable bonds is 5. The van der Waals surface area contributed by atoms with Gasteiger partial charge >= 0.3 is 6.03 Å². The Morgan fingerprint density at radius 2 is 1.90 bits per heavy atom. The average molecular weight is 435 g/mol. The molecule has 10 heteroatoms. The maximum atomic E-state index is 12.3. The van der Waals surface area contributed by atoms with Gasteiger partial charge in [0.2, 0.25) is 0 Å². The lowest BCUT2D eigenvalue weighted by molar-refractivity contribution is -0.125. The molecule has 2 aliphatic rings. The molecule has 0 unspecified atom stereocenters. The Balaban J connectivity index is 1.35. The number of nitrogens with one attached hydrogen (secondary N) is 2. The molecule has 0 saturated carbocycles. The summed E-state index contributed by atoms with van der Waals surface area (Å²) in [6.45, 7) is 1.85. The van der Waals surface area contributed by atoms with E-state index in [-0.39, 0.29) is 30.5 Å². The van der Waals surface area contributed by atoms with E-state index in [9.17, 15) is 14.4 Å². The van der Waals surface area contributed by atoms with E-state index in [1.165, 1.54) is 11.3 Å². The van der Waals surface area contributed by atoms with Crippen LogP contribution in [0.4, 0.5) is 16.2 Å². The van der Waals surface area contributed by atoms with Crippen molar-refractivity contribution in [3.8, 4) is 0 Å². The number of thiophene rings is 1. The summed E-state index contributed by atoms with van der Waals surface area (Å²) < 4.78 is 5.70. The first-order valence-corrected chi connectivity index (χ1v) is 10.3. The molecular formula is C19H19ClN4O4S. The number of nitrogens with zero attached hydrogens (tertiary/aromatic N) is 2. The fourth-order valence-corrected chi connectivity index (χ4v) is 4.24. The molecule has 2 aliphatic heterocycles. The van der Waals surface area contributed by atoms with E-state index in [4.69, 9.17) is 16.3 Å². The van der Waals surface area contributed by atoms with Crippen LogP contribution >= 0.6 is 22.9 Å². The molecule has 1 atom stereocenters. The summed E-state index contributed by atoms with van der Waals surface area (Å²) in [5, 5.41) is 5.69. The van der Waals surface area contributed by atoms with Gasteiger partial charge in [-0.15, -0.1) is 11.3 Å². The monoisotopic (exact) mass is 434 g/mol. The predicted octanol–water partition coefficient (Wildman–Crippen LogP) is 2.09. The number of benzene rings is 1. The van der Waals surface area contributed by atoms with Gasteiger partial charge in [-0.05, 0) is 36.4 Å². The van der Waals surface area contributed by atoms with Gasteiger partial charge in [-0.2, -0.15) is 0 Å². The zero-order valence-electron chi connectivity index (χ0n) is 15.4. The first-order valence-electron chi connectivity index (χ1n) is 9.11. The van der Waals surface area contributed by atoms with Crippen molar-refractivity contribution in [2.24, 2.45) is 0 Å². The van der Waals surface area contributed by atoms with Crippen LogP contribution in [0.25, 0.3) is 0 Å². The van der Waals surface area contributed by atoms with Crippen LogP contribution in [-0.4, -0.2) is 56.7 Å². The number of ether oxygens (including phenoxy) is 1. The van der Waals surface area contributed by atoms with Crippen molar-refractivity contribution in [2.75, 3.05) is 42.6 Å². The van der Waals surface area contributed by atoms with Gasteiger partial charge in [0, 0.05) is 31.0 Å². The van der Waals surface area contributed by atoms with Crippen molar-refractivity contribution < 1.29 is 19.1 Å². The highest BCUT2D eigenvalue weighted by molar-refractivity contribution is 7.18. The number of hydrogen-bond acceptors (Lipinski definition) is 5. The zero-order valence-corrected chi connectivity index (χ0v) is 17.0. The predicted molar refractivity (Wildman–Crippen MR) is 111 cm³/mol. The largest absolute Gasteiger partial charge is 0.370 e. The highest BCUT2D eigenvalue weighted by Gasteiger charge is 2.30. The second kappa shape index (κ2) is 8.40. The summed E-state index contributed by atoms with van der Waals surface area (Å²) >= 11 is 7.06. The summed E-state index contributed by atoms with van der Waals surface area (Å²) in [5.74, 6) is -0.292. The number of carbonyl (C=O) groups is 3. The van der Waals surface area contributed by atoms with Gasteiger partial charge in [0.1, 0.15) is 6.61 Å². The van der Waals surface area contributed by atoms with Crippen LogP contribution in [0.5, 0.6) is 0 Å². The molecule has 2 saturated heterocycles. The van der Waals surface area contributed by atoms with E-state index in [2.05, 4.69) is 10.6 Å². The summed E-state index contributed by atoms with van der Waals surface area (Å²) in [5.41, 5.74) is 1.51. The van der Waals surface area contributed by atoms with Crippen LogP contribution in [0.2, 0.25) is 4.34 Å². The molecule has 0 aliphatic carbocycles. The van der Waals surface area contributed by atoms with E-state index in [0.717, 1.165) is 11.4 Å². The molecule has 29 heavy (non-hydrogen) atoms. The van der Waals surface area contributed by atoms with Crippen LogP contribution in [0.15, 0.2) is 36.4 Å². The SMILES string of the molecule is O=C(NC[C@H]1CN(c2ccc(N3CCOCC3=O)cc2)C(=O)N1)c1ccc(Cl)s1. The van der Waals surface area contributed by atoms with Crippen LogP contribution in [0, 0.1) is 0 Å². The molecule has 3 heterocycles. The standard InChI is InChI=1S/C19H19ClN4O4S/c20-16-6-5-15(29-16)18(26)21-9-12-10-24(19(27)22-12)14-3-1-13(2-4-14)23-7-8-28-11-17(23)25/h1-6,12H,7-11H2,(H,21,26)(H,22,27)/t12-/m0/s1. The molecule has 8 nitrogen and oxygen atoms in total. The number of morpholine rings is 1. The number of urea groups is 1. The molecule has 4 rings (SSSR count). The lowest BCUT2D eigenvalue weighted by Gasteiger charge is -2.27. The number of amides is 4. The van der Waals surface area contributed by atoms with Crippen LogP contribution < -0.4 is 20.4 Å². The van der Waals surface area contributed by atoms with Crippen LogP contribution in [0.1, 0.15) is 9.67 Å². The Kier molecular flexibility index (Phi) is 5.70. The normalized spacial score (nSPS) is 19.4. The fourth-order valence-electron chi connectivity index (χ4n) is 3.28. The quantitative estimate of drug-likeness (QED) is 0.753. The van der Waals surface area contributed by atoms with Gasteiger partial charge in [0.25, 0.3) is 11.8 Å². The van der Waals surface area contributed by atoms with E-state index in [1.807, 2.05) is 24.3 Å². The smallest absolute Gasteiger partial charge is 0.322 e. The summed E-state index contributed by atoms with van der Waals surface area (Å²) in [6.07, 6.45) is 0. The Labute approximate surface area is 176 Å². The van der Waals surface area contributed by atoms with Gasteiger partial charge in [-0.1, -0.05) is 11.6 Å². The first kappa shape index (κ1) is 19.7. The minimum Gasteiger partial charge on any atom is -0.370 e. The number of halogens is 1. The average Bonchev–Trinajstić information content (AvgIpc) is 3.32. The summed E-state index contributed by atoms with van der Waals surface area (Å²) in [4.78, 5) is 40.2. The van der Waals surface area contributed by atoms with Crippen molar-refractivity contribution >= 4 is 52.2 Å². The summed E-state index contributed by atoms with van der Waals surface area (Å²) in [6, 6.07) is 10.2. The van der Waals surface area contributed by atoms with Crippen molar-refractivity contribution in [2.45, 2.75) is 6.04 Å². The molecule has 4 amide bonds. The number of hydrogen-bond donors (Lipinski definition) is 2. The lowest BCUT2D eigenvalue weighted by Crippen LogP contribution is -2.41. The van der Waals surface area contributed by atoms with Gasteiger partial charge in [-0.25, -0.2) is 4.79 Å². The number of anilines is 2. The van der Waals surface area contributed by atoms with Crippen molar-refractivity contribution in [1.82, 2.24) is 10.6 Å². The molecule has 152 valence electrons. The molecule has 2 N–H and O–H groups in total. The number of carbonyl (C=O) groups excluding carboxylic acids is 3. The van der Waals surface area contributed by atoms with E-state index in [1.54, 1.807) is 21.9 Å². The fraction of sp³-hybridized carbons (Fsp3) is 0.316. The van der Waals surface area contributed by atoms with Gasteiger partial charge < -0.3 is 20.3 Å². The third-order valence-corrected chi connectivity index (χ3v) is 5.97. The lowest BCUT2D eigenvalue weighted by atomic mass is 10.2. The van der Waals surface area contributed by atoms with E-state index < -0.39 is 0 Å². The molecule has 1 aromatic carbocycles. The van der Waals surface area contributed by atoms with E-state index in [0.29, 0.717) is 35.5 Å². The zero-order chi connectivity index (χ0) is 20.4. The molecule has 0 bridgehead atoms. The van der Waals surface area contributed by atoms with Gasteiger partial charge in [0.15, 0.2) is 0 Å². The first-order chi connectivity index (χ1) is 14.0. The molecule has 2 fully saturated rings. The van der Waals surface area contributed by atoms with Crippen molar-refractivity contribution in [3.63, 3.8) is 0 Å². The highest BCUT2D eigenvalue weighted by Crippen LogP contribution is 2.24. The van der Waals surface area contributed by atoms with E-state index >= 15 is 0 Å². The molecule has 2 aromatic rings. The highest BCUT2D eigenvalue weighted by atomic mass is 35.5. The topological polar surface area (TPSA) is 91.0 Å². The third-order valence-electron chi connectivity index (χ3n) is 4.74. The second-order valence-electron chi connectivity index (χ2n) is 6.69. The molecule has 0 spiro atoms. The third kappa shape index (κ3) is 4.36. The summed E-state index contributed by atoms with van der Waals surface area (Å²) in [7, 11) is 0. The second-order valence-corrected chi connectivity index (χ2v) is 8.40. The van der Waals surface area contributed by atoms with Gasteiger partial charge in [0.05, 0.1) is 21.9 Å². The van der Waals surface area contributed by atoms with Crippen LogP contribution in [0.3, 0.4) is 0 Å². The molecule has 1 aromatic heterocycles. The Morgan fingerprint density at radius 1 is 1.17 bits per heavy atom. The van der Waals surface area contributed by atoms with Crippen molar-refractivity contribution in [1.29, 1.82) is 0 Å². The maximum Gasteiger partial charge on any atom is 0.322 e. The minimum absolute atomic E-state index is 0.0780. The van der Waals surface area contributed by atoms with Gasteiger partial charge in [-0.3, -0.25) is 14.5 Å².